The number of aryl methyl sites for hydroxylation is 1. The highest BCUT2D eigenvalue weighted by molar-refractivity contribution is 6.31. The third-order valence-electron chi connectivity index (χ3n) is 2.56. The summed E-state index contributed by atoms with van der Waals surface area (Å²) in [6, 6.07) is 11.4. The van der Waals surface area contributed by atoms with E-state index in [0.29, 0.717) is 16.3 Å². The van der Waals surface area contributed by atoms with Crippen LogP contribution in [0.5, 0.6) is 5.75 Å². The third kappa shape index (κ3) is 2.81. The van der Waals surface area contributed by atoms with Crippen molar-refractivity contribution in [3.63, 3.8) is 0 Å². The fourth-order valence-corrected chi connectivity index (χ4v) is 1.67. The van der Waals surface area contributed by atoms with Gasteiger partial charge >= 0.3 is 0 Å². The van der Waals surface area contributed by atoms with Crippen LogP contribution in [-0.4, -0.2) is 11.0 Å². The van der Waals surface area contributed by atoms with Gasteiger partial charge in [-0.3, -0.25) is 4.79 Å². The average molecular weight is 262 g/mol. The second-order valence-electron chi connectivity index (χ2n) is 3.96. The van der Waals surface area contributed by atoms with Crippen molar-refractivity contribution in [3.05, 3.63) is 58.6 Å². The Morgan fingerprint density at radius 2 is 1.83 bits per heavy atom. The van der Waals surface area contributed by atoms with E-state index in [1.807, 2.05) is 13.0 Å². The second-order valence-corrected chi connectivity index (χ2v) is 4.37. The van der Waals surface area contributed by atoms with Crippen LogP contribution >= 0.6 is 11.6 Å². The van der Waals surface area contributed by atoms with Gasteiger partial charge < -0.3 is 10.4 Å². The van der Waals surface area contributed by atoms with Gasteiger partial charge in [0.25, 0.3) is 5.91 Å². The Morgan fingerprint density at radius 3 is 2.44 bits per heavy atom. The molecule has 0 aliphatic heterocycles. The van der Waals surface area contributed by atoms with Gasteiger partial charge in [-0.25, -0.2) is 0 Å². The van der Waals surface area contributed by atoms with Gasteiger partial charge in [-0.1, -0.05) is 17.7 Å². The van der Waals surface area contributed by atoms with Gasteiger partial charge in [0.1, 0.15) is 5.75 Å². The van der Waals surface area contributed by atoms with E-state index in [1.54, 1.807) is 24.3 Å². The monoisotopic (exact) mass is 261 g/mol. The molecule has 0 radical (unpaired) electrons. The first-order valence-corrected chi connectivity index (χ1v) is 5.80. The van der Waals surface area contributed by atoms with Crippen LogP contribution in [0.3, 0.4) is 0 Å². The number of amides is 1. The standard InChI is InChI=1S/C14H12ClNO2/c1-9-2-5-11(8-13(9)15)16-14(18)10-3-6-12(17)7-4-10/h2-8,17H,1H3,(H,16,18). The van der Waals surface area contributed by atoms with E-state index in [1.165, 1.54) is 12.1 Å². The van der Waals surface area contributed by atoms with Crippen LogP contribution in [0.15, 0.2) is 42.5 Å². The van der Waals surface area contributed by atoms with Crippen LogP contribution in [0.25, 0.3) is 0 Å². The first kappa shape index (κ1) is 12.5. The Labute approximate surface area is 110 Å². The fraction of sp³-hybridized carbons (Fsp3) is 0.0714. The quantitative estimate of drug-likeness (QED) is 0.868. The molecule has 92 valence electrons. The summed E-state index contributed by atoms with van der Waals surface area (Å²) in [6.45, 7) is 1.90. The Balaban J connectivity index is 2.16. The molecule has 0 heterocycles. The molecule has 0 aliphatic carbocycles. The highest BCUT2D eigenvalue weighted by Crippen LogP contribution is 2.20. The summed E-state index contributed by atoms with van der Waals surface area (Å²) in [6.07, 6.45) is 0. The SMILES string of the molecule is Cc1ccc(NC(=O)c2ccc(O)cc2)cc1Cl. The van der Waals surface area contributed by atoms with E-state index < -0.39 is 0 Å². The largest absolute Gasteiger partial charge is 0.508 e. The van der Waals surface area contributed by atoms with Crippen LogP contribution in [0.4, 0.5) is 5.69 Å². The molecular weight excluding hydrogens is 250 g/mol. The molecule has 0 aromatic heterocycles. The molecule has 0 saturated heterocycles. The Bertz CT molecular complexity index is 579. The number of hydrogen-bond donors (Lipinski definition) is 2. The minimum atomic E-state index is -0.241. The number of halogens is 1. The normalized spacial score (nSPS) is 10.1. The van der Waals surface area contributed by atoms with Crippen molar-refractivity contribution in [1.29, 1.82) is 0 Å². The van der Waals surface area contributed by atoms with Crippen LogP contribution in [-0.2, 0) is 0 Å². The zero-order chi connectivity index (χ0) is 13.1. The maximum atomic E-state index is 11.9. The summed E-state index contributed by atoms with van der Waals surface area (Å²) < 4.78 is 0. The molecule has 0 unspecified atom stereocenters. The molecule has 1 amide bonds. The van der Waals surface area contributed by atoms with E-state index in [-0.39, 0.29) is 11.7 Å². The highest BCUT2D eigenvalue weighted by Gasteiger charge is 2.06. The van der Waals surface area contributed by atoms with Gasteiger partial charge in [0.15, 0.2) is 0 Å². The number of aromatic hydroxyl groups is 1. The Morgan fingerprint density at radius 1 is 1.17 bits per heavy atom. The van der Waals surface area contributed by atoms with Crippen molar-refractivity contribution in [1.82, 2.24) is 0 Å². The minimum Gasteiger partial charge on any atom is -0.508 e. The minimum absolute atomic E-state index is 0.130. The summed E-state index contributed by atoms with van der Waals surface area (Å²) in [5, 5.41) is 12.5. The van der Waals surface area contributed by atoms with E-state index in [9.17, 15) is 4.79 Å². The van der Waals surface area contributed by atoms with Gasteiger partial charge in [0.2, 0.25) is 0 Å². The van der Waals surface area contributed by atoms with Gasteiger partial charge in [-0.15, -0.1) is 0 Å². The number of phenols is 1. The molecule has 0 atom stereocenters. The maximum absolute atomic E-state index is 11.9. The van der Waals surface area contributed by atoms with Gasteiger partial charge in [-0.2, -0.15) is 0 Å². The Hall–Kier alpha value is -2.00. The second kappa shape index (κ2) is 5.10. The third-order valence-corrected chi connectivity index (χ3v) is 2.97. The number of carbonyl (C=O) groups is 1. The molecule has 0 fully saturated rings. The molecule has 0 aliphatic rings. The maximum Gasteiger partial charge on any atom is 0.255 e. The van der Waals surface area contributed by atoms with Crippen molar-refractivity contribution in [2.75, 3.05) is 5.32 Å². The molecule has 4 heteroatoms. The lowest BCUT2D eigenvalue weighted by Crippen LogP contribution is -2.11. The van der Waals surface area contributed by atoms with Crippen LogP contribution in [0, 0.1) is 6.92 Å². The smallest absolute Gasteiger partial charge is 0.255 e. The topological polar surface area (TPSA) is 49.3 Å². The van der Waals surface area contributed by atoms with E-state index >= 15 is 0 Å². The van der Waals surface area contributed by atoms with Crippen molar-refractivity contribution in [2.24, 2.45) is 0 Å². The first-order chi connectivity index (χ1) is 8.56. The van der Waals surface area contributed by atoms with E-state index in [2.05, 4.69) is 5.32 Å². The van der Waals surface area contributed by atoms with Crippen molar-refractivity contribution < 1.29 is 9.90 Å². The predicted octanol–water partition coefficient (Wildman–Crippen LogP) is 3.61. The van der Waals surface area contributed by atoms with Crippen LogP contribution in [0.2, 0.25) is 5.02 Å². The zero-order valence-electron chi connectivity index (χ0n) is 9.77. The molecule has 0 saturated carbocycles. The molecule has 2 rings (SSSR count). The number of hydrogen-bond acceptors (Lipinski definition) is 2. The number of anilines is 1. The molecule has 2 aromatic carbocycles. The van der Waals surface area contributed by atoms with E-state index in [4.69, 9.17) is 16.7 Å². The van der Waals surface area contributed by atoms with Crippen molar-refractivity contribution in [3.8, 4) is 5.75 Å². The summed E-state index contributed by atoms with van der Waals surface area (Å²) in [4.78, 5) is 11.9. The number of nitrogens with one attached hydrogen (secondary N) is 1. The van der Waals surface area contributed by atoms with Crippen LogP contribution in [0.1, 0.15) is 15.9 Å². The van der Waals surface area contributed by atoms with E-state index in [0.717, 1.165) is 5.56 Å². The van der Waals surface area contributed by atoms with Crippen molar-refractivity contribution in [2.45, 2.75) is 6.92 Å². The molecular formula is C14H12ClNO2. The molecule has 0 bridgehead atoms. The van der Waals surface area contributed by atoms with Crippen LogP contribution < -0.4 is 5.32 Å². The number of benzene rings is 2. The number of rotatable bonds is 2. The summed E-state index contributed by atoms with van der Waals surface area (Å²) in [7, 11) is 0. The predicted molar refractivity (Wildman–Crippen MR) is 72.2 cm³/mol. The molecule has 3 nitrogen and oxygen atoms in total. The zero-order valence-corrected chi connectivity index (χ0v) is 10.5. The van der Waals surface area contributed by atoms with Gasteiger partial charge in [-0.05, 0) is 48.9 Å². The highest BCUT2D eigenvalue weighted by atomic mass is 35.5. The van der Waals surface area contributed by atoms with Gasteiger partial charge in [0.05, 0.1) is 0 Å². The fourth-order valence-electron chi connectivity index (χ4n) is 1.49. The number of phenolic OH excluding ortho intramolecular Hbond substituents is 1. The molecule has 18 heavy (non-hydrogen) atoms. The Kier molecular flexibility index (Phi) is 3.53. The van der Waals surface area contributed by atoms with Gasteiger partial charge in [0, 0.05) is 16.3 Å². The lowest BCUT2D eigenvalue weighted by molar-refractivity contribution is 0.102. The molecule has 0 spiro atoms. The first-order valence-electron chi connectivity index (χ1n) is 5.43. The average Bonchev–Trinajstić information content (AvgIpc) is 2.34. The molecule has 2 aromatic rings. The lowest BCUT2D eigenvalue weighted by Gasteiger charge is -2.07. The number of carbonyl (C=O) groups excluding carboxylic acids is 1. The van der Waals surface area contributed by atoms with Crippen molar-refractivity contribution >= 4 is 23.2 Å². The summed E-state index contributed by atoms with van der Waals surface area (Å²) >= 11 is 5.98. The molecule has 2 N–H and O–H groups in total. The lowest BCUT2D eigenvalue weighted by atomic mass is 10.2. The summed E-state index contributed by atoms with van der Waals surface area (Å²) in [5.74, 6) is -0.111. The summed E-state index contributed by atoms with van der Waals surface area (Å²) in [5.41, 5.74) is 2.08.